The van der Waals surface area contributed by atoms with Crippen LogP contribution in [0.25, 0.3) is 0 Å². The van der Waals surface area contributed by atoms with Gasteiger partial charge in [0.05, 0.1) is 26.6 Å². The van der Waals surface area contributed by atoms with Gasteiger partial charge in [-0.1, -0.05) is 44.0 Å². The Morgan fingerprint density at radius 2 is 1.79 bits per heavy atom. The molecule has 6 nitrogen and oxygen atoms in total. The first kappa shape index (κ1) is 22.8. The van der Waals surface area contributed by atoms with Crippen molar-refractivity contribution in [1.82, 2.24) is 14.5 Å². The predicted molar refractivity (Wildman–Crippen MR) is 116 cm³/mol. The van der Waals surface area contributed by atoms with Crippen molar-refractivity contribution in [2.45, 2.75) is 69.6 Å². The summed E-state index contributed by atoms with van der Waals surface area (Å²) in [4.78, 5) is 15.2. The first-order valence-corrected chi connectivity index (χ1v) is 12.3. The zero-order valence-corrected chi connectivity index (χ0v) is 19.6. The number of amides is 1. The van der Waals surface area contributed by atoms with Crippen LogP contribution < -0.4 is 5.32 Å². The number of hydrogen-bond acceptors (Lipinski definition) is 4. The van der Waals surface area contributed by atoms with E-state index in [1.807, 2.05) is 18.7 Å². The maximum absolute atomic E-state index is 13.1. The Kier molecular flexibility index (Phi) is 6.57. The van der Waals surface area contributed by atoms with Crippen LogP contribution in [0.5, 0.6) is 0 Å². The van der Waals surface area contributed by atoms with Gasteiger partial charge in [-0.2, -0.15) is 4.31 Å². The molecule has 1 amide bonds. The summed E-state index contributed by atoms with van der Waals surface area (Å²) in [7, 11) is -3.68. The Morgan fingerprint density at radius 3 is 2.31 bits per heavy atom. The van der Waals surface area contributed by atoms with Gasteiger partial charge >= 0.3 is 0 Å². The zero-order chi connectivity index (χ0) is 21.6. The van der Waals surface area contributed by atoms with E-state index in [1.54, 1.807) is 0 Å². The van der Waals surface area contributed by atoms with Crippen LogP contribution >= 0.6 is 23.2 Å². The summed E-state index contributed by atoms with van der Waals surface area (Å²) in [6.45, 7) is 8.86. The lowest BCUT2D eigenvalue weighted by atomic mass is 9.95. The second-order valence-corrected chi connectivity index (χ2v) is 11.1. The summed E-state index contributed by atoms with van der Waals surface area (Å²) >= 11 is 11.9. The Hall–Kier alpha value is -0.860. The number of nitrogens with one attached hydrogen (secondary N) is 1. The normalized spacial score (nSPS) is 23.9. The summed E-state index contributed by atoms with van der Waals surface area (Å²) in [5, 5.41) is 4.10. The first-order chi connectivity index (χ1) is 13.5. The summed E-state index contributed by atoms with van der Waals surface area (Å²) in [5.41, 5.74) is -0.495. The first-order valence-electron chi connectivity index (χ1n) is 10.1. The fourth-order valence-electron chi connectivity index (χ4n) is 4.32. The van der Waals surface area contributed by atoms with Crippen molar-refractivity contribution in [1.29, 1.82) is 0 Å². The van der Waals surface area contributed by atoms with Gasteiger partial charge < -0.3 is 4.90 Å². The molecule has 0 saturated carbocycles. The molecule has 0 radical (unpaired) electrons. The van der Waals surface area contributed by atoms with E-state index in [1.165, 1.54) is 22.5 Å². The van der Waals surface area contributed by atoms with Crippen LogP contribution in [-0.4, -0.2) is 54.4 Å². The van der Waals surface area contributed by atoms with Crippen LogP contribution in [0.2, 0.25) is 10.0 Å². The van der Waals surface area contributed by atoms with Gasteiger partial charge in [0.25, 0.3) is 0 Å². The average Bonchev–Trinajstić information content (AvgIpc) is 2.95. The number of nitrogens with zero attached hydrogens (tertiary/aromatic N) is 2. The topological polar surface area (TPSA) is 69.7 Å². The number of carbonyl (C=O) groups excluding carboxylic acids is 1. The molecule has 9 heteroatoms. The number of carbonyl (C=O) groups is 1. The molecule has 3 rings (SSSR count). The van der Waals surface area contributed by atoms with Crippen LogP contribution in [0.1, 0.15) is 47.0 Å². The molecular weight excluding hydrogens is 433 g/mol. The van der Waals surface area contributed by atoms with E-state index in [4.69, 9.17) is 23.2 Å². The van der Waals surface area contributed by atoms with Crippen LogP contribution in [-0.2, 0) is 14.8 Å². The molecule has 2 aliphatic heterocycles. The van der Waals surface area contributed by atoms with Crippen LogP contribution in [0, 0.1) is 5.92 Å². The van der Waals surface area contributed by atoms with Crippen LogP contribution in [0.3, 0.4) is 0 Å². The lowest BCUT2D eigenvalue weighted by Crippen LogP contribution is -2.61. The minimum absolute atomic E-state index is 0.0944. The molecule has 0 bridgehead atoms. The largest absolute Gasteiger partial charge is 0.320 e. The van der Waals surface area contributed by atoms with E-state index in [0.717, 1.165) is 6.42 Å². The van der Waals surface area contributed by atoms with E-state index in [9.17, 15) is 13.2 Å². The molecule has 2 fully saturated rings. The Labute approximate surface area is 183 Å². The molecule has 1 N–H and O–H groups in total. The van der Waals surface area contributed by atoms with E-state index < -0.39 is 15.7 Å². The van der Waals surface area contributed by atoms with E-state index in [2.05, 4.69) is 19.2 Å². The number of halogens is 2. The quantitative estimate of drug-likeness (QED) is 0.724. The molecule has 0 aliphatic carbocycles. The molecule has 29 heavy (non-hydrogen) atoms. The van der Waals surface area contributed by atoms with Gasteiger partial charge in [0, 0.05) is 19.1 Å². The van der Waals surface area contributed by atoms with E-state index >= 15 is 0 Å². The molecule has 1 aromatic rings. The van der Waals surface area contributed by atoms with Gasteiger partial charge in [0.2, 0.25) is 15.9 Å². The predicted octanol–water partition coefficient (Wildman–Crippen LogP) is 3.73. The maximum Gasteiger partial charge on any atom is 0.243 e. The van der Waals surface area contributed by atoms with Crippen LogP contribution in [0.15, 0.2) is 23.1 Å². The lowest BCUT2D eigenvalue weighted by Gasteiger charge is -2.46. The molecular formula is C20H29Cl2N3O3S. The van der Waals surface area contributed by atoms with Crippen molar-refractivity contribution in [2.24, 2.45) is 5.92 Å². The van der Waals surface area contributed by atoms with E-state index in [-0.39, 0.29) is 33.8 Å². The molecule has 1 aromatic carbocycles. The highest BCUT2D eigenvalue weighted by molar-refractivity contribution is 7.89. The molecule has 2 aliphatic rings. The van der Waals surface area contributed by atoms with Gasteiger partial charge in [-0.05, 0) is 50.3 Å². The van der Waals surface area contributed by atoms with Crippen molar-refractivity contribution >= 4 is 39.1 Å². The van der Waals surface area contributed by atoms with E-state index in [0.29, 0.717) is 31.0 Å². The Bertz CT molecular complexity index is 883. The number of hydrogen-bond donors (Lipinski definition) is 1. The number of sulfonamides is 1. The van der Waals surface area contributed by atoms with Gasteiger partial charge in [-0.25, -0.2) is 8.42 Å². The fourth-order valence-corrected chi connectivity index (χ4v) is 6.15. The summed E-state index contributed by atoms with van der Waals surface area (Å²) in [5.74, 6) is 0.293. The molecule has 2 atom stereocenters. The fraction of sp³-hybridized carbons (Fsp3) is 0.650. The molecule has 0 unspecified atom stereocenters. The third kappa shape index (κ3) is 4.04. The summed E-state index contributed by atoms with van der Waals surface area (Å²) in [6, 6.07) is 4.23. The molecule has 1 spiro atoms. The highest BCUT2D eigenvalue weighted by Gasteiger charge is 2.54. The third-order valence-corrected chi connectivity index (χ3v) is 8.80. The average molecular weight is 462 g/mol. The second kappa shape index (κ2) is 8.35. The Balaban J connectivity index is 1.84. The minimum atomic E-state index is -3.68. The van der Waals surface area contributed by atoms with Crippen molar-refractivity contribution in [3.63, 3.8) is 0 Å². The molecule has 2 heterocycles. The lowest BCUT2D eigenvalue weighted by molar-refractivity contribution is -0.136. The number of benzene rings is 1. The van der Waals surface area contributed by atoms with Crippen LogP contribution in [0.4, 0.5) is 0 Å². The van der Waals surface area contributed by atoms with Gasteiger partial charge in [-0.15, -0.1) is 0 Å². The van der Waals surface area contributed by atoms with Gasteiger partial charge in [0.15, 0.2) is 0 Å². The maximum atomic E-state index is 13.1. The monoisotopic (exact) mass is 461 g/mol. The Morgan fingerprint density at radius 1 is 1.17 bits per heavy atom. The summed E-state index contributed by atoms with van der Waals surface area (Å²) in [6.07, 6.45) is 1.95. The SMILES string of the molecule is CC[C@H](C)N1C(=O)[C@@H](C(C)C)NC12CCN(S(=O)(=O)c1ccc(Cl)c(Cl)c1)CC2. The second-order valence-electron chi connectivity index (χ2n) is 8.34. The van der Waals surface area contributed by atoms with Crippen molar-refractivity contribution in [2.75, 3.05) is 13.1 Å². The molecule has 162 valence electrons. The summed E-state index contributed by atoms with van der Waals surface area (Å²) < 4.78 is 27.6. The highest BCUT2D eigenvalue weighted by Crippen LogP contribution is 2.38. The number of rotatable bonds is 5. The minimum Gasteiger partial charge on any atom is -0.320 e. The van der Waals surface area contributed by atoms with Crippen molar-refractivity contribution in [3.05, 3.63) is 28.2 Å². The van der Waals surface area contributed by atoms with Crippen molar-refractivity contribution in [3.8, 4) is 0 Å². The zero-order valence-electron chi connectivity index (χ0n) is 17.3. The number of piperidine rings is 1. The highest BCUT2D eigenvalue weighted by atomic mass is 35.5. The van der Waals surface area contributed by atoms with Gasteiger partial charge in [-0.3, -0.25) is 10.1 Å². The van der Waals surface area contributed by atoms with Gasteiger partial charge in [0.1, 0.15) is 0 Å². The standard InChI is InChI=1S/C20H29Cl2N3O3S/c1-5-14(4)25-19(26)18(13(2)3)23-20(25)8-10-24(11-9-20)29(27,28)15-6-7-16(21)17(22)12-15/h6-7,12-14,18,23H,5,8-11H2,1-4H3/t14-,18+/m0/s1. The molecule has 0 aromatic heterocycles. The smallest absolute Gasteiger partial charge is 0.243 e. The third-order valence-electron chi connectivity index (χ3n) is 6.17. The molecule has 2 saturated heterocycles. The van der Waals surface area contributed by atoms with Crippen molar-refractivity contribution < 1.29 is 13.2 Å².